The summed E-state index contributed by atoms with van der Waals surface area (Å²) in [5.41, 5.74) is 7.24. The van der Waals surface area contributed by atoms with Crippen molar-refractivity contribution in [3.05, 3.63) is 23.8 Å². The molecule has 1 aromatic carbocycles. The number of unbranched alkanes of at least 4 members (excludes halogenated alkanes) is 1. The molecule has 1 aliphatic heterocycles. The molecule has 1 fully saturated rings. The van der Waals surface area contributed by atoms with Gasteiger partial charge in [-0.25, -0.2) is 4.99 Å². The first kappa shape index (κ1) is 28.8. The molecule has 0 radical (unpaired) electrons. The first-order chi connectivity index (χ1) is 17.6. The molecule has 4 N–H and O–H groups in total. The van der Waals surface area contributed by atoms with E-state index in [0.717, 1.165) is 37.8 Å². The van der Waals surface area contributed by atoms with Crippen molar-refractivity contribution in [1.29, 1.82) is 0 Å². The summed E-state index contributed by atoms with van der Waals surface area (Å²) < 4.78 is 5.82. The smallest absolute Gasteiger partial charge is 0.240 e. The third-order valence-electron chi connectivity index (χ3n) is 6.80. The minimum Gasteiger partial charge on any atom is -0.463 e. The lowest BCUT2D eigenvalue weighted by Crippen LogP contribution is -2.49. The third kappa shape index (κ3) is 8.62. The van der Waals surface area contributed by atoms with Crippen molar-refractivity contribution < 1.29 is 19.4 Å². The topological polar surface area (TPSA) is 120 Å². The van der Waals surface area contributed by atoms with Gasteiger partial charge in [0.15, 0.2) is 12.2 Å². The molecular formula is C28H45N5O4. The number of benzene rings is 1. The van der Waals surface area contributed by atoms with Crippen LogP contribution in [-0.2, 0) is 16.1 Å². The SMILES string of the molecule is CCCCN(C(=O)CCC(O)Oc1cccc2c1N=C(N)N(CC(=O)NC(C)(C)C)C2)C1CCCCC1. The second-order valence-corrected chi connectivity index (χ2v) is 11.2. The third-order valence-corrected chi connectivity index (χ3v) is 6.80. The Morgan fingerprint density at radius 2 is 2.00 bits per heavy atom. The first-order valence-corrected chi connectivity index (χ1v) is 13.7. The molecule has 0 aromatic heterocycles. The second-order valence-electron chi connectivity index (χ2n) is 11.2. The molecule has 0 saturated heterocycles. The maximum Gasteiger partial charge on any atom is 0.240 e. The number of aliphatic hydroxyl groups is 1. The number of nitrogens with zero attached hydrogens (tertiary/aromatic N) is 3. The highest BCUT2D eigenvalue weighted by Gasteiger charge is 2.27. The summed E-state index contributed by atoms with van der Waals surface area (Å²) >= 11 is 0. The maximum atomic E-state index is 13.1. The number of nitrogens with one attached hydrogen (secondary N) is 1. The zero-order valence-electron chi connectivity index (χ0n) is 23.0. The molecule has 2 aliphatic rings. The van der Waals surface area contributed by atoms with Crippen LogP contribution in [0, 0.1) is 0 Å². The van der Waals surface area contributed by atoms with Gasteiger partial charge in [0, 0.05) is 43.1 Å². The Balaban J connectivity index is 1.59. The van der Waals surface area contributed by atoms with Crippen LogP contribution in [0.2, 0.25) is 0 Å². The summed E-state index contributed by atoms with van der Waals surface area (Å²) in [5, 5.41) is 13.6. The normalized spacial score (nSPS) is 17.0. The van der Waals surface area contributed by atoms with Crippen molar-refractivity contribution in [2.45, 2.75) is 110 Å². The van der Waals surface area contributed by atoms with Crippen molar-refractivity contribution in [2.75, 3.05) is 13.1 Å². The molecule has 206 valence electrons. The van der Waals surface area contributed by atoms with Gasteiger partial charge in [0.2, 0.25) is 11.8 Å². The summed E-state index contributed by atoms with van der Waals surface area (Å²) in [4.78, 5) is 33.7. The average molecular weight is 516 g/mol. The lowest BCUT2D eigenvalue weighted by molar-refractivity contribution is -0.136. The molecule has 1 heterocycles. The number of aliphatic imine (C=N–C) groups is 1. The van der Waals surface area contributed by atoms with E-state index < -0.39 is 6.29 Å². The Labute approximate surface area is 221 Å². The molecule has 1 atom stereocenters. The maximum absolute atomic E-state index is 13.1. The quantitative estimate of drug-likeness (QED) is 0.386. The van der Waals surface area contributed by atoms with Gasteiger partial charge in [-0.15, -0.1) is 0 Å². The highest BCUT2D eigenvalue weighted by Crippen LogP contribution is 2.36. The summed E-state index contributed by atoms with van der Waals surface area (Å²) in [7, 11) is 0. The van der Waals surface area contributed by atoms with Gasteiger partial charge in [0.05, 0.1) is 0 Å². The molecule has 1 saturated carbocycles. The molecule has 0 bridgehead atoms. The number of guanidine groups is 1. The largest absolute Gasteiger partial charge is 0.463 e. The molecule has 9 heteroatoms. The van der Waals surface area contributed by atoms with Crippen LogP contribution >= 0.6 is 0 Å². The number of hydrogen-bond donors (Lipinski definition) is 3. The fraction of sp³-hybridized carbons (Fsp3) is 0.679. The Morgan fingerprint density at radius 1 is 1.27 bits per heavy atom. The van der Waals surface area contributed by atoms with Crippen molar-refractivity contribution in [3.8, 4) is 5.75 Å². The number of rotatable bonds is 11. The van der Waals surface area contributed by atoms with E-state index in [1.807, 2.05) is 37.8 Å². The number of ether oxygens (including phenoxy) is 1. The van der Waals surface area contributed by atoms with Crippen molar-refractivity contribution >= 4 is 23.5 Å². The molecular weight excluding hydrogens is 470 g/mol. The fourth-order valence-electron chi connectivity index (χ4n) is 4.99. The number of carbonyl (C=O) groups excluding carboxylic acids is 2. The highest BCUT2D eigenvalue weighted by molar-refractivity contribution is 5.89. The van der Waals surface area contributed by atoms with Crippen LogP contribution in [-0.4, -0.2) is 63.6 Å². The van der Waals surface area contributed by atoms with Gasteiger partial charge in [-0.1, -0.05) is 44.7 Å². The second kappa shape index (κ2) is 13.1. The van der Waals surface area contributed by atoms with Crippen molar-refractivity contribution in [3.63, 3.8) is 0 Å². The van der Waals surface area contributed by atoms with Gasteiger partial charge in [-0.2, -0.15) is 0 Å². The predicted molar refractivity (Wildman–Crippen MR) is 145 cm³/mol. The lowest BCUT2D eigenvalue weighted by Gasteiger charge is -2.34. The minimum atomic E-state index is -1.14. The molecule has 0 spiro atoms. The Bertz CT molecular complexity index is 952. The van der Waals surface area contributed by atoms with Crippen LogP contribution in [0.5, 0.6) is 5.75 Å². The molecule has 1 unspecified atom stereocenters. The summed E-state index contributed by atoms with van der Waals surface area (Å²) in [6.07, 6.45) is 7.07. The monoisotopic (exact) mass is 515 g/mol. The lowest BCUT2D eigenvalue weighted by atomic mass is 9.93. The fourth-order valence-corrected chi connectivity index (χ4v) is 4.99. The van der Waals surface area contributed by atoms with Gasteiger partial charge in [0.1, 0.15) is 18.0 Å². The van der Waals surface area contributed by atoms with Gasteiger partial charge in [-0.05, 0) is 46.1 Å². The Hall–Kier alpha value is -2.81. The standard InChI is InChI=1S/C28H45N5O4/c1-5-6-17-33(21-12-8-7-9-13-21)24(35)15-16-25(36)37-22-14-10-11-20-18-32(27(29)30-26(20)22)19-23(34)31-28(2,3)4/h10-11,14,21,25,36H,5-9,12-13,15-19H2,1-4H3,(H2,29,30)(H,31,34). The van der Waals surface area contributed by atoms with E-state index in [-0.39, 0.29) is 42.7 Å². The van der Waals surface area contributed by atoms with Gasteiger partial charge < -0.3 is 30.7 Å². The summed E-state index contributed by atoms with van der Waals surface area (Å²) in [6, 6.07) is 5.78. The van der Waals surface area contributed by atoms with E-state index in [0.29, 0.717) is 24.0 Å². The number of nitrogens with two attached hydrogens (primary N) is 1. The van der Waals surface area contributed by atoms with Gasteiger partial charge >= 0.3 is 0 Å². The molecule has 1 aromatic rings. The zero-order chi connectivity index (χ0) is 27.0. The van der Waals surface area contributed by atoms with E-state index in [1.54, 1.807) is 11.0 Å². The molecule has 37 heavy (non-hydrogen) atoms. The summed E-state index contributed by atoms with van der Waals surface area (Å²) in [5.74, 6) is 0.581. The predicted octanol–water partition coefficient (Wildman–Crippen LogP) is 3.80. The molecule has 2 amide bonds. The van der Waals surface area contributed by atoms with Gasteiger partial charge in [0.25, 0.3) is 0 Å². The van der Waals surface area contributed by atoms with Crippen molar-refractivity contribution in [1.82, 2.24) is 15.1 Å². The van der Waals surface area contributed by atoms with Crippen LogP contribution < -0.4 is 15.8 Å². The van der Waals surface area contributed by atoms with E-state index in [2.05, 4.69) is 17.2 Å². The molecule has 1 aliphatic carbocycles. The number of fused-ring (bicyclic) bond motifs is 1. The van der Waals surface area contributed by atoms with E-state index in [4.69, 9.17) is 10.5 Å². The van der Waals surface area contributed by atoms with Gasteiger partial charge in [-0.3, -0.25) is 9.59 Å². The number of hydrogen-bond acceptors (Lipinski definition) is 7. The number of carbonyl (C=O) groups is 2. The van der Waals surface area contributed by atoms with Crippen LogP contribution in [0.1, 0.15) is 91.0 Å². The number of para-hydroxylation sites is 1. The van der Waals surface area contributed by atoms with Crippen LogP contribution in [0.4, 0.5) is 5.69 Å². The number of amides is 2. The molecule has 3 rings (SSSR count). The highest BCUT2D eigenvalue weighted by atomic mass is 16.6. The minimum absolute atomic E-state index is 0.0875. The van der Waals surface area contributed by atoms with Crippen LogP contribution in [0.25, 0.3) is 0 Å². The Kier molecular flexibility index (Phi) is 10.2. The first-order valence-electron chi connectivity index (χ1n) is 13.7. The molecule has 9 nitrogen and oxygen atoms in total. The summed E-state index contributed by atoms with van der Waals surface area (Å²) in [6.45, 7) is 9.19. The number of aliphatic hydroxyl groups excluding tert-OH is 1. The van der Waals surface area contributed by atoms with Crippen LogP contribution in [0.15, 0.2) is 23.2 Å². The van der Waals surface area contributed by atoms with Crippen LogP contribution in [0.3, 0.4) is 0 Å². The van der Waals surface area contributed by atoms with E-state index in [9.17, 15) is 14.7 Å². The zero-order valence-corrected chi connectivity index (χ0v) is 23.0. The Morgan fingerprint density at radius 3 is 2.68 bits per heavy atom. The van der Waals surface area contributed by atoms with E-state index in [1.165, 1.54) is 19.3 Å². The average Bonchev–Trinajstić information content (AvgIpc) is 2.83. The van der Waals surface area contributed by atoms with E-state index >= 15 is 0 Å². The van der Waals surface area contributed by atoms with Crippen molar-refractivity contribution in [2.24, 2.45) is 10.7 Å².